The number of benzene rings is 1. The van der Waals surface area contributed by atoms with Gasteiger partial charge in [-0.3, -0.25) is 9.59 Å². The predicted octanol–water partition coefficient (Wildman–Crippen LogP) is 1.98. The van der Waals surface area contributed by atoms with Crippen molar-refractivity contribution in [1.29, 1.82) is 0 Å². The molecule has 1 N–H and O–H groups in total. The lowest BCUT2D eigenvalue weighted by atomic mass is 10.1. The van der Waals surface area contributed by atoms with Crippen molar-refractivity contribution in [2.24, 2.45) is 5.92 Å². The average molecular weight is 267 g/mol. The number of carbonyl (C=O) groups excluding carboxylic acids is 1. The van der Waals surface area contributed by atoms with Crippen LogP contribution in [0.25, 0.3) is 0 Å². The number of aryl methyl sites for hydroxylation is 1. The van der Waals surface area contributed by atoms with E-state index in [0.717, 1.165) is 5.56 Å². The number of carboxylic acid groups (broad SMARTS) is 1. The number of rotatable bonds is 5. The Morgan fingerprint density at radius 3 is 2.61 bits per heavy atom. The highest BCUT2D eigenvalue weighted by Gasteiger charge is 2.23. The molecule has 0 aliphatic rings. The summed E-state index contributed by atoms with van der Waals surface area (Å²) in [6.45, 7) is 3.30. The van der Waals surface area contributed by atoms with Crippen molar-refractivity contribution in [3.05, 3.63) is 29.8 Å². The maximum Gasteiger partial charge on any atom is 0.323 e. The summed E-state index contributed by atoms with van der Waals surface area (Å²) in [6.07, 6.45) is 0. The molecule has 18 heavy (non-hydrogen) atoms. The maximum absolute atomic E-state index is 12.1. The average Bonchev–Trinajstić information content (AvgIpc) is 2.34. The van der Waals surface area contributed by atoms with E-state index >= 15 is 0 Å². The summed E-state index contributed by atoms with van der Waals surface area (Å²) in [6, 6.07) is 7.23. The molecule has 0 radical (unpaired) electrons. The molecule has 98 valence electrons. The second kappa shape index (κ2) is 6.44. The maximum atomic E-state index is 12.1. The van der Waals surface area contributed by atoms with Gasteiger partial charge in [0.25, 0.3) is 0 Å². The molecule has 1 aromatic carbocycles. The topological polar surface area (TPSA) is 57.6 Å². The molecule has 0 saturated carbocycles. The summed E-state index contributed by atoms with van der Waals surface area (Å²) < 4.78 is 0. The Labute approximate surface area is 112 Å². The van der Waals surface area contributed by atoms with E-state index in [0.29, 0.717) is 11.4 Å². The van der Waals surface area contributed by atoms with Crippen molar-refractivity contribution >= 4 is 30.2 Å². The molecule has 1 atom stereocenters. The van der Waals surface area contributed by atoms with Gasteiger partial charge in [-0.05, 0) is 24.6 Å². The highest BCUT2D eigenvalue weighted by molar-refractivity contribution is 7.80. The van der Waals surface area contributed by atoms with Crippen LogP contribution in [0.15, 0.2) is 24.3 Å². The fraction of sp³-hybridized carbons (Fsp3) is 0.385. The van der Waals surface area contributed by atoms with Crippen LogP contribution in [0.1, 0.15) is 12.5 Å². The van der Waals surface area contributed by atoms with Crippen LogP contribution in [0.3, 0.4) is 0 Å². The molecule has 5 heteroatoms. The van der Waals surface area contributed by atoms with Gasteiger partial charge in [-0.2, -0.15) is 12.6 Å². The molecule has 0 saturated heterocycles. The first-order valence-corrected chi connectivity index (χ1v) is 6.29. The Morgan fingerprint density at radius 2 is 2.11 bits per heavy atom. The van der Waals surface area contributed by atoms with Gasteiger partial charge in [0.05, 0.1) is 0 Å². The number of thiol groups is 1. The normalized spacial score (nSPS) is 11.9. The van der Waals surface area contributed by atoms with Crippen molar-refractivity contribution in [2.45, 2.75) is 13.8 Å². The quantitative estimate of drug-likeness (QED) is 0.802. The molecule has 0 bridgehead atoms. The molecule has 1 aromatic rings. The first kappa shape index (κ1) is 14.6. The smallest absolute Gasteiger partial charge is 0.323 e. The first-order valence-electron chi connectivity index (χ1n) is 5.66. The Morgan fingerprint density at radius 1 is 1.44 bits per heavy atom. The highest BCUT2D eigenvalue weighted by atomic mass is 32.1. The molecule has 0 heterocycles. The standard InChI is InChI=1S/C13H17NO3S/c1-9-4-3-5-11(6-9)14(7-12(15)16)13(17)10(2)8-18/h3-6,10,18H,7-8H2,1-2H3,(H,15,16). The van der Waals surface area contributed by atoms with Crippen LogP contribution in [-0.2, 0) is 9.59 Å². The Balaban J connectivity index is 3.05. The van der Waals surface area contributed by atoms with E-state index in [4.69, 9.17) is 5.11 Å². The van der Waals surface area contributed by atoms with Crippen LogP contribution in [0.5, 0.6) is 0 Å². The Hall–Kier alpha value is -1.49. The van der Waals surface area contributed by atoms with Crippen LogP contribution >= 0.6 is 12.6 Å². The second-order valence-corrected chi connectivity index (χ2v) is 4.61. The number of hydrogen-bond donors (Lipinski definition) is 2. The van der Waals surface area contributed by atoms with Gasteiger partial charge in [0.2, 0.25) is 5.91 Å². The number of anilines is 1. The van der Waals surface area contributed by atoms with Crippen LogP contribution in [0, 0.1) is 12.8 Å². The van der Waals surface area contributed by atoms with Crippen LogP contribution in [0.2, 0.25) is 0 Å². The monoisotopic (exact) mass is 267 g/mol. The van der Waals surface area contributed by atoms with Gasteiger partial charge < -0.3 is 10.0 Å². The van der Waals surface area contributed by atoms with Crippen molar-refractivity contribution < 1.29 is 14.7 Å². The molecule has 4 nitrogen and oxygen atoms in total. The summed E-state index contributed by atoms with van der Waals surface area (Å²) in [5, 5.41) is 8.90. The van der Waals surface area contributed by atoms with Crippen molar-refractivity contribution in [2.75, 3.05) is 17.2 Å². The molecule has 1 unspecified atom stereocenters. The van der Waals surface area contributed by atoms with E-state index in [1.807, 2.05) is 13.0 Å². The number of carbonyl (C=O) groups is 2. The van der Waals surface area contributed by atoms with Crippen LogP contribution < -0.4 is 4.90 Å². The minimum Gasteiger partial charge on any atom is -0.480 e. The fourth-order valence-electron chi connectivity index (χ4n) is 1.57. The van der Waals surface area contributed by atoms with Gasteiger partial charge in [-0.25, -0.2) is 0 Å². The minimum atomic E-state index is -1.03. The number of hydrogen-bond acceptors (Lipinski definition) is 3. The molecule has 0 spiro atoms. The zero-order valence-corrected chi connectivity index (χ0v) is 11.4. The summed E-state index contributed by atoms with van der Waals surface area (Å²) in [5.41, 5.74) is 1.59. The van der Waals surface area contributed by atoms with Gasteiger partial charge in [0.15, 0.2) is 0 Å². The summed E-state index contributed by atoms with van der Waals surface area (Å²) in [5.74, 6) is -1.18. The summed E-state index contributed by atoms with van der Waals surface area (Å²) >= 11 is 4.08. The van der Waals surface area contributed by atoms with Gasteiger partial charge in [0.1, 0.15) is 6.54 Å². The number of aliphatic carboxylic acids is 1. The third-order valence-corrected chi connectivity index (χ3v) is 3.12. The predicted molar refractivity (Wildman–Crippen MR) is 74.2 cm³/mol. The van der Waals surface area contributed by atoms with Crippen molar-refractivity contribution in [3.63, 3.8) is 0 Å². The van der Waals surface area contributed by atoms with Crippen LogP contribution in [-0.4, -0.2) is 29.3 Å². The number of carboxylic acids is 1. The second-order valence-electron chi connectivity index (χ2n) is 4.24. The Kier molecular flexibility index (Phi) is 5.22. The molecule has 0 aromatic heterocycles. The molecule has 1 amide bonds. The van der Waals surface area contributed by atoms with Gasteiger partial charge in [-0.15, -0.1) is 0 Å². The molecular formula is C13H17NO3S. The lowest BCUT2D eigenvalue weighted by Gasteiger charge is -2.24. The fourth-order valence-corrected chi connectivity index (χ4v) is 1.73. The van der Waals surface area contributed by atoms with E-state index in [2.05, 4.69) is 12.6 Å². The SMILES string of the molecule is Cc1cccc(N(CC(=O)O)C(=O)C(C)CS)c1. The van der Waals surface area contributed by atoms with E-state index < -0.39 is 5.97 Å². The summed E-state index contributed by atoms with van der Waals surface area (Å²) in [7, 11) is 0. The third kappa shape index (κ3) is 3.77. The third-order valence-electron chi connectivity index (χ3n) is 2.57. The lowest BCUT2D eigenvalue weighted by Crippen LogP contribution is -2.39. The largest absolute Gasteiger partial charge is 0.480 e. The molecule has 0 aliphatic heterocycles. The first-order chi connectivity index (χ1) is 8.45. The van der Waals surface area contributed by atoms with E-state index in [1.54, 1.807) is 25.1 Å². The zero-order chi connectivity index (χ0) is 13.7. The molecule has 0 fully saturated rings. The summed E-state index contributed by atoms with van der Waals surface area (Å²) in [4.78, 5) is 24.3. The van der Waals surface area contributed by atoms with E-state index in [1.165, 1.54) is 4.90 Å². The van der Waals surface area contributed by atoms with Crippen molar-refractivity contribution in [3.8, 4) is 0 Å². The zero-order valence-electron chi connectivity index (χ0n) is 10.5. The van der Waals surface area contributed by atoms with Gasteiger partial charge in [0, 0.05) is 17.4 Å². The molecular weight excluding hydrogens is 250 g/mol. The lowest BCUT2D eigenvalue weighted by molar-refractivity contribution is -0.137. The van der Waals surface area contributed by atoms with E-state index in [-0.39, 0.29) is 18.4 Å². The van der Waals surface area contributed by atoms with Crippen molar-refractivity contribution in [1.82, 2.24) is 0 Å². The highest BCUT2D eigenvalue weighted by Crippen LogP contribution is 2.18. The number of nitrogens with zero attached hydrogens (tertiary/aromatic N) is 1. The van der Waals surface area contributed by atoms with Crippen LogP contribution in [0.4, 0.5) is 5.69 Å². The Bertz CT molecular complexity index is 448. The van der Waals surface area contributed by atoms with Gasteiger partial charge >= 0.3 is 5.97 Å². The minimum absolute atomic E-state index is 0.224. The number of amides is 1. The molecule has 0 aliphatic carbocycles. The molecule has 1 rings (SSSR count). The van der Waals surface area contributed by atoms with Gasteiger partial charge in [-0.1, -0.05) is 19.1 Å². The van der Waals surface area contributed by atoms with E-state index in [9.17, 15) is 9.59 Å².